The minimum atomic E-state index is -0.913. The molecule has 2 saturated heterocycles. The molecule has 1 N–H and O–H groups in total. The lowest BCUT2D eigenvalue weighted by atomic mass is 10.0. The van der Waals surface area contributed by atoms with Crippen LogP contribution < -0.4 is 4.90 Å². The molecule has 25 heavy (non-hydrogen) atoms. The molecule has 0 saturated carbocycles. The van der Waals surface area contributed by atoms with Crippen molar-refractivity contribution in [3.8, 4) is 0 Å². The van der Waals surface area contributed by atoms with Gasteiger partial charge in [-0.1, -0.05) is 11.6 Å². The molecular weight excluding hydrogens is 372 g/mol. The minimum absolute atomic E-state index is 0.00945. The SMILES string of the molecule is CC1[C@@H]2CCC(CN1c1nc(Cl)nc3c(F)c(Cl)ncc13)N2C(=O)O. The van der Waals surface area contributed by atoms with E-state index in [2.05, 4.69) is 15.0 Å². The summed E-state index contributed by atoms with van der Waals surface area (Å²) in [5.41, 5.74) is 0.00945. The first kappa shape index (κ1) is 16.5. The number of carboxylic acid groups (broad SMARTS) is 1. The quantitative estimate of drug-likeness (QED) is 0.599. The van der Waals surface area contributed by atoms with Crippen LogP contribution in [0.15, 0.2) is 6.20 Å². The summed E-state index contributed by atoms with van der Waals surface area (Å²) in [4.78, 5) is 27.1. The molecule has 132 valence electrons. The first-order chi connectivity index (χ1) is 11.9. The molecule has 2 fully saturated rings. The van der Waals surface area contributed by atoms with Gasteiger partial charge in [-0.3, -0.25) is 4.90 Å². The average molecular weight is 386 g/mol. The van der Waals surface area contributed by atoms with E-state index >= 15 is 0 Å². The van der Waals surface area contributed by atoms with Gasteiger partial charge in [0.2, 0.25) is 5.28 Å². The summed E-state index contributed by atoms with van der Waals surface area (Å²) >= 11 is 11.7. The van der Waals surface area contributed by atoms with Gasteiger partial charge < -0.3 is 10.0 Å². The summed E-state index contributed by atoms with van der Waals surface area (Å²) < 4.78 is 14.3. The second kappa shape index (κ2) is 5.81. The highest BCUT2D eigenvalue weighted by Crippen LogP contribution is 2.38. The Hall–Kier alpha value is -1.93. The Morgan fingerprint density at radius 1 is 1.36 bits per heavy atom. The second-order valence-electron chi connectivity index (χ2n) is 6.32. The zero-order valence-electron chi connectivity index (χ0n) is 13.2. The molecule has 3 atom stereocenters. The lowest BCUT2D eigenvalue weighted by molar-refractivity contribution is 0.103. The van der Waals surface area contributed by atoms with E-state index in [9.17, 15) is 14.3 Å². The average Bonchev–Trinajstić information content (AvgIpc) is 2.92. The van der Waals surface area contributed by atoms with Crippen molar-refractivity contribution in [3.05, 3.63) is 22.5 Å². The number of aromatic nitrogens is 3. The van der Waals surface area contributed by atoms with E-state index in [0.717, 1.165) is 12.8 Å². The van der Waals surface area contributed by atoms with Gasteiger partial charge >= 0.3 is 6.09 Å². The van der Waals surface area contributed by atoms with Crippen LogP contribution in [0, 0.1) is 5.82 Å². The molecule has 0 spiro atoms. The number of nitrogens with zero attached hydrogens (tertiary/aromatic N) is 5. The number of amides is 1. The van der Waals surface area contributed by atoms with Crippen LogP contribution in [0.3, 0.4) is 0 Å². The van der Waals surface area contributed by atoms with Crippen molar-refractivity contribution < 1.29 is 14.3 Å². The molecule has 2 bridgehead atoms. The molecule has 0 aliphatic carbocycles. The smallest absolute Gasteiger partial charge is 0.407 e. The minimum Gasteiger partial charge on any atom is -0.465 e. The zero-order chi connectivity index (χ0) is 17.9. The maximum absolute atomic E-state index is 14.3. The van der Waals surface area contributed by atoms with Crippen LogP contribution in [0.25, 0.3) is 10.9 Å². The molecule has 2 aliphatic heterocycles. The van der Waals surface area contributed by atoms with E-state index < -0.39 is 11.9 Å². The topological polar surface area (TPSA) is 82.5 Å². The van der Waals surface area contributed by atoms with E-state index in [1.54, 1.807) is 0 Å². The maximum Gasteiger partial charge on any atom is 0.407 e. The van der Waals surface area contributed by atoms with Gasteiger partial charge in [-0.25, -0.2) is 19.2 Å². The van der Waals surface area contributed by atoms with Gasteiger partial charge in [-0.15, -0.1) is 0 Å². The zero-order valence-corrected chi connectivity index (χ0v) is 14.7. The molecule has 4 rings (SSSR count). The summed E-state index contributed by atoms with van der Waals surface area (Å²) in [5.74, 6) is -0.294. The van der Waals surface area contributed by atoms with Crippen molar-refractivity contribution in [2.45, 2.75) is 37.9 Å². The van der Waals surface area contributed by atoms with Crippen molar-refractivity contribution in [1.82, 2.24) is 19.9 Å². The Bertz CT molecular complexity index is 883. The highest BCUT2D eigenvalue weighted by molar-refractivity contribution is 6.30. The third-order valence-corrected chi connectivity index (χ3v) is 5.52. The number of hydrogen-bond donors (Lipinski definition) is 1. The number of anilines is 1. The Labute approximate surface area is 152 Å². The van der Waals surface area contributed by atoms with E-state index in [1.165, 1.54) is 11.1 Å². The Balaban J connectivity index is 1.83. The van der Waals surface area contributed by atoms with Crippen LogP contribution >= 0.6 is 23.2 Å². The molecule has 2 aromatic heterocycles. The fourth-order valence-corrected chi connectivity index (χ4v) is 4.26. The van der Waals surface area contributed by atoms with Crippen LogP contribution in [-0.2, 0) is 0 Å². The van der Waals surface area contributed by atoms with Gasteiger partial charge in [0, 0.05) is 18.8 Å². The third kappa shape index (κ3) is 2.46. The molecule has 0 radical (unpaired) electrons. The number of piperazine rings is 1. The summed E-state index contributed by atoms with van der Waals surface area (Å²) in [7, 11) is 0. The van der Waals surface area contributed by atoms with Gasteiger partial charge in [0.25, 0.3) is 0 Å². The van der Waals surface area contributed by atoms with Crippen LogP contribution in [0.4, 0.5) is 15.0 Å². The lowest BCUT2D eigenvalue weighted by Crippen LogP contribution is -2.60. The first-order valence-corrected chi connectivity index (χ1v) is 8.59. The largest absolute Gasteiger partial charge is 0.465 e. The highest BCUT2D eigenvalue weighted by atomic mass is 35.5. The van der Waals surface area contributed by atoms with Crippen LogP contribution in [0.5, 0.6) is 0 Å². The van der Waals surface area contributed by atoms with E-state index in [0.29, 0.717) is 17.7 Å². The molecule has 7 nitrogen and oxygen atoms in total. The van der Waals surface area contributed by atoms with Crippen molar-refractivity contribution in [2.75, 3.05) is 11.4 Å². The Kier molecular flexibility index (Phi) is 3.84. The standard InChI is InChI=1S/C15H14Cl2FN5O2/c1-6-9-3-2-7(23(9)15(24)25)5-22(6)13-8-4-19-12(16)10(18)11(8)20-14(17)21-13/h4,6-7,9H,2-3,5H2,1H3,(H,24,25)/t6?,7?,9-/m0/s1. The molecule has 10 heteroatoms. The Morgan fingerprint density at radius 3 is 2.84 bits per heavy atom. The monoisotopic (exact) mass is 385 g/mol. The van der Waals surface area contributed by atoms with E-state index in [4.69, 9.17) is 23.2 Å². The maximum atomic E-state index is 14.3. The first-order valence-electron chi connectivity index (χ1n) is 7.83. The van der Waals surface area contributed by atoms with Gasteiger partial charge in [0.1, 0.15) is 11.3 Å². The van der Waals surface area contributed by atoms with Crippen LogP contribution in [0.2, 0.25) is 10.4 Å². The Morgan fingerprint density at radius 2 is 2.12 bits per heavy atom. The van der Waals surface area contributed by atoms with Gasteiger partial charge in [-0.2, -0.15) is 4.98 Å². The fraction of sp³-hybridized carbons (Fsp3) is 0.467. The number of halogens is 3. The number of fused-ring (bicyclic) bond motifs is 3. The van der Waals surface area contributed by atoms with Gasteiger partial charge in [-0.05, 0) is 31.4 Å². The molecule has 1 amide bonds. The summed E-state index contributed by atoms with van der Waals surface area (Å²) in [6, 6.07) is -0.416. The lowest BCUT2D eigenvalue weighted by Gasteiger charge is -2.45. The molecule has 2 aliphatic rings. The second-order valence-corrected chi connectivity index (χ2v) is 7.02. The predicted molar refractivity (Wildman–Crippen MR) is 90.8 cm³/mol. The number of rotatable bonds is 1. The van der Waals surface area contributed by atoms with Crippen molar-refractivity contribution in [1.29, 1.82) is 0 Å². The van der Waals surface area contributed by atoms with E-state index in [-0.39, 0.29) is 34.1 Å². The van der Waals surface area contributed by atoms with Gasteiger partial charge in [0.15, 0.2) is 11.0 Å². The van der Waals surface area contributed by atoms with Crippen molar-refractivity contribution in [3.63, 3.8) is 0 Å². The van der Waals surface area contributed by atoms with E-state index in [1.807, 2.05) is 11.8 Å². The van der Waals surface area contributed by atoms with Gasteiger partial charge in [0.05, 0.1) is 17.5 Å². The normalized spacial score (nSPS) is 25.7. The van der Waals surface area contributed by atoms with Crippen molar-refractivity contribution >= 4 is 46.0 Å². The molecular formula is C15H14Cl2FN5O2. The summed E-state index contributed by atoms with van der Waals surface area (Å²) in [6.45, 7) is 2.39. The third-order valence-electron chi connectivity index (χ3n) is 5.09. The summed E-state index contributed by atoms with van der Waals surface area (Å²) in [5, 5.41) is 9.49. The molecule has 2 unspecified atom stereocenters. The predicted octanol–water partition coefficient (Wildman–Crippen LogP) is 3.19. The number of hydrogen-bond acceptors (Lipinski definition) is 5. The van der Waals surface area contributed by atoms with Crippen LogP contribution in [-0.4, -0.2) is 55.7 Å². The summed E-state index contributed by atoms with van der Waals surface area (Å²) in [6.07, 6.45) is 2.07. The number of pyridine rings is 1. The fourth-order valence-electron chi connectivity index (χ4n) is 3.96. The molecule has 2 aromatic rings. The molecule has 4 heterocycles. The highest BCUT2D eigenvalue weighted by Gasteiger charge is 2.47. The van der Waals surface area contributed by atoms with Crippen molar-refractivity contribution in [2.24, 2.45) is 0 Å². The van der Waals surface area contributed by atoms with Crippen LogP contribution in [0.1, 0.15) is 19.8 Å². The number of carbonyl (C=O) groups is 1. The molecule has 0 aromatic carbocycles.